The van der Waals surface area contributed by atoms with Crippen molar-refractivity contribution in [2.24, 2.45) is 5.92 Å². The molecule has 0 aromatic heterocycles. The van der Waals surface area contributed by atoms with Gasteiger partial charge >= 0.3 is 0 Å². The molecule has 1 unspecified atom stereocenters. The van der Waals surface area contributed by atoms with Crippen LogP contribution in [0, 0.1) is 23.3 Å². The van der Waals surface area contributed by atoms with Crippen LogP contribution in [0.1, 0.15) is 62.1 Å². The Hall–Kier alpha value is -2.80. The second-order valence-electron chi connectivity index (χ2n) is 10.6. The van der Waals surface area contributed by atoms with Gasteiger partial charge in [0, 0.05) is 17.9 Å². The molecule has 1 nitrogen and oxygen atoms in total. The van der Waals surface area contributed by atoms with E-state index in [4.69, 9.17) is 0 Å². The number of nitrogens with zero attached hydrogens (tertiary/aromatic N) is 1. The fraction of sp³-hybridized carbons (Fsp3) is 0.375. The van der Waals surface area contributed by atoms with E-state index in [-0.39, 0.29) is 0 Å². The van der Waals surface area contributed by atoms with E-state index in [2.05, 4.69) is 85.7 Å². The van der Waals surface area contributed by atoms with Crippen LogP contribution in [0.2, 0.25) is 0 Å². The molecule has 0 spiro atoms. The van der Waals surface area contributed by atoms with E-state index < -0.39 is 0 Å². The molecule has 2 aromatic carbocycles. The minimum atomic E-state index is 0.634. The summed E-state index contributed by atoms with van der Waals surface area (Å²) in [5, 5.41) is 5.78. The molecule has 33 heavy (non-hydrogen) atoms. The van der Waals surface area contributed by atoms with Gasteiger partial charge in [0.15, 0.2) is 0 Å². The van der Waals surface area contributed by atoms with E-state index in [1.165, 1.54) is 77.1 Å². The molecular weight excluding hydrogens is 398 g/mol. The van der Waals surface area contributed by atoms with Crippen molar-refractivity contribution in [2.75, 3.05) is 0 Å². The summed E-state index contributed by atoms with van der Waals surface area (Å²) in [7, 11) is 0. The number of aryl methyl sites for hydroxylation is 1. The molecule has 6 rings (SSSR count). The van der Waals surface area contributed by atoms with Crippen molar-refractivity contribution in [1.29, 1.82) is 0 Å². The first-order chi connectivity index (χ1) is 16.2. The number of rotatable bonds is 2. The summed E-state index contributed by atoms with van der Waals surface area (Å²) in [6, 6.07) is 12.4. The molecule has 0 amide bonds. The van der Waals surface area contributed by atoms with Crippen LogP contribution in [0.15, 0.2) is 66.5 Å². The zero-order valence-corrected chi connectivity index (χ0v) is 20.1. The maximum absolute atomic E-state index is 2.63. The van der Waals surface area contributed by atoms with Crippen LogP contribution in [-0.2, 0) is 12.8 Å². The molecule has 0 saturated heterocycles. The Kier molecular flexibility index (Phi) is 5.37. The average molecular weight is 434 g/mol. The van der Waals surface area contributed by atoms with Crippen LogP contribution in [0.25, 0.3) is 11.6 Å². The largest absolute Gasteiger partial charge is 0.345 e. The second-order valence-corrected chi connectivity index (χ2v) is 10.6. The first kappa shape index (κ1) is 20.8. The van der Waals surface area contributed by atoms with Gasteiger partial charge in [0.05, 0.1) is 0 Å². The Morgan fingerprint density at radius 2 is 1.67 bits per heavy atom. The van der Waals surface area contributed by atoms with Crippen LogP contribution < -0.4 is 10.4 Å². The van der Waals surface area contributed by atoms with Gasteiger partial charge in [0.2, 0.25) is 0 Å². The molecule has 1 saturated carbocycles. The van der Waals surface area contributed by atoms with Gasteiger partial charge in [-0.2, -0.15) is 0 Å². The quantitative estimate of drug-likeness (QED) is 0.565. The summed E-state index contributed by atoms with van der Waals surface area (Å²) < 4.78 is 0. The van der Waals surface area contributed by atoms with Gasteiger partial charge < -0.3 is 4.90 Å². The number of benzene rings is 2. The predicted octanol–water partition coefficient (Wildman–Crippen LogP) is 5.95. The van der Waals surface area contributed by atoms with Crippen molar-refractivity contribution in [3.05, 3.63) is 104 Å². The molecule has 1 heteroatoms. The SMILES string of the molecule is Cc1ccc2c(c1)=c1ccc3c(c1CC=2)CC(C)CC=3C1=CC=CC=CN1C1CCCCC1. The van der Waals surface area contributed by atoms with Crippen LogP contribution in [0.3, 0.4) is 0 Å². The zero-order valence-electron chi connectivity index (χ0n) is 20.1. The molecule has 0 radical (unpaired) electrons. The van der Waals surface area contributed by atoms with Crippen LogP contribution in [-0.4, -0.2) is 10.9 Å². The molecule has 168 valence electrons. The maximum Gasteiger partial charge on any atom is 0.0447 e. The standard InChI is InChI=1S/C32H35N/c1-22-12-13-24-14-15-27-26(29(24)19-22)16-17-28-30(27)20-23(2)21-31(28)32-11-7-4-8-18-33(32)25-9-5-3-6-10-25/h4,7-8,11-14,16-19,23,25H,3,5-6,9-10,15,20-21H2,1-2H3. The van der Waals surface area contributed by atoms with Crippen molar-refractivity contribution >= 4 is 11.6 Å². The smallest absolute Gasteiger partial charge is 0.0447 e. The molecule has 1 fully saturated rings. The van der Waals surface area contributed by atoms with Crippen LogP contribution in [0.4, 0.5) is 0 Å². The molecule has 0 bridgehead atoms. The van der Waals surface area contributed by atoms with Crippen molar-refractivity contribution in [2.45, 2.75) is 71.3 Å². The molecule has 1 heterocycles. The topological polar surface area (TPSA) is 3.24 Å². The van der Waals surface area contributed by atoms with Gasteiger partial charge in [-0.25, -0.2) is 0 Å². The highest BCUT2D eigenvalue weighted by molar-refractivity contribution is 5.68. The van der Waals surface area contributed by atoms with E-state index in [9.17, 15) is 0 Å². The summed E-state index contributed by atoms with van der Waals surface area (Å²) in [6.45, 7) is 4.65. The normalized spacial score (nSPS) is 22.1. The Bertz CT molecular complexity index is 1400. The van der Waals surface area contributed by atoms with E-state index >= 15 is 0 Å². The van der Waals surface area contributed by atoms with Gasteiger partial charge in [-0.05, 0) is 94.7 Å². The summed E-state index contributed by atoms with van der Waals surface area (Å²) in [5.41, 5.74) is 7.52. The Morgan fingerprint density at radius 1 is 0.818 bits per heavy atom. The highest BCUT2D eigenvalue weighted by Crippen LogP contribution is 2.35. The highest BCUT2D eigenvalue weighted by Gasteiger charge is 2.27. The monoisotopic (exact) mass is 433 g/mol. The summed E-state index contributed by atoms with van der Waals surface area (Å²) in [4.78, 5) is 2.63. The fourth-order valence-electron chi connectivity index (χ4n) is 6.56. The minimum Gasteiger partial charge on any atom is -0.345 e. The Labute approximate surface area is 197 Å². The van der Waals surface area contributed by atoms with Crippen molar-refractivity contribution in [1.82, 2.24) is 4.90 Å². The number of fused-ring (bicyclic) bond motifs is 4. The molecule has 1 atom stereocenters. The highest BCUT2D eigenvalue weighted by atomic mass is 15.2. The lowest BCUT2D eigenvalue weighted by atomic mass is 9.80. The molecule has 4 aliphatic rings. The van der Waals surface area contributed by atoms with Gasteiger partial charge in [0.25, 0.3) is 0 Å². The lowest BCUT2D eigenvalue weighted by molar-refractivity contribution is 0.266. The van der Waals surface area contributed by atoms with Gasteiger partial charge in [0.1, 0.15) is 0 Å². The lowest BCUT2D eigenvalue weighted by Crippen LogP contribution is -2.35. The van der Waals surface area contributed by atoms with E-state index in [1.807, 2.05) is 0 Å². The minimum absolute atomic E-state index is 0.634. The molecule has 3 aliphatic carbocycles. The van der Waals surface area contributed by atoms with Crippen LogP contribution in [0.5, 0.6) is 0 Å². The van der Waals surface area contributed by atoms with Crippen molar-refractivity contribution < 1.29 is 0 Å². The molecular formula is C32H35N. The van der Waals surface area contributed by atoms with Gasteiger partial charge in [-0.1, -0.05) is 80.3 Å². The number of hydrogen-bond acceptors (Lipinski definition) is 1. The number of allylic oxidation sites excluding steroid dienone is 5. The number of hydrogen-bond donors (Lipinski definition) is 0. The molecule has 1 aliphatic heterocycles. The molecule has 2 aromatic rings. The first-order valence-corrected chi connectivity index (χ1v) is 13.0. The van der Waals surface area contributed by atoms with Gasteiger partial charge in [-0.15, -0.1) is 0 Å². The summed E-state index contributed by atoms with van der Waals surface area (Å²) in [5.74, 6) is 0.670. The van der Waals surface area contributed by atoms with E-state index in [1.54, 1.807) is 16.7 Å². The van der Waals surface area contributed by atoms with Crippen LogP contribution >= 0.6 is 0 Å². The third-order valence-corrected chi connectivity index (χ3v) is 8.16. The molecule has 0 N–H and O–H groups in total. The first-order valence-electron chi connectivity index (χ1n) is 13.0. The zero-order chi connectivity index (χ0) is 22.4. The van der Waals surface area contributed by atoms with Crippen molar-refractivity contribution in [3.8, 4) is 0 Å². The fourth-order valence-corrected chi connectivity index (χ4v) is 6.56. The lowest BCUT2D eigenvalue weighted by Gasteiger charge is -2.37. The summed E-state index contributed by atoms with van der Waals surface area (Å²) >= 11 is 0. The van der Waals surface area contributed by atoms with E-state index in [0.29, 0.717) is 12.0 Å². The average Bonchev–Trinajstić information content (AvgIpc) is 3.10. The maximum atomic E-state index is 2.63. The van der Waals surface area contributed by atoms with Crippen molar-refractivity contribution in [3.63, 3.8) is 0 Å². The van der Waals surface area contributed by atoms with E-state index in [0.717, 1.165) is 6.42 Å². The summed E-state index contributed by atoms with van der Waals surface area (Å²) in [6.07, 6.45) is 24.0. The second kappa shape index (κ2) is 8.52. The Balaban J connectivity index is 1.58. The third-order valence-electron chi connectivity index (χ3n) is 8.16. The Morgan fingerprint density at radius 3 is 2.55 bits per heavy atom. The third kappa shape index (κ3) is 3.72. The van der Waals surface area contributed by atoms with Gasteiger partial charge in [-0.3, -0.25) is 0 Å². The predicted molar refractivity (Wildman–Crippen MR) is 139 cm³/mol.